The number of benzene rings is 1. The van der Waals surface area contributed by atoms with Gasteiger partial charge in [-0.1, -0.05) is 25.4 Å². The van der Waals surface area contributed by atoms with Crippen molar-refractivity contribution in [1.82, 2.24) is 0 Å². The Morgan fingerprint density at radius 3 is 2.74 bits per heavy atom. The molecule has 0 aliphatic rings. The Labute approximate surface area is 118 Å². The topological polar surface area (TPSA) is 64.4 Å². The molecule has 0 heterocycles. The van der Waals surface area contributed by atoms with Crippen molar-refractivity contribution >= 4 is 23.0 Å². The van der Waals surface area contributed by atoms with Gasteiger partial charge in [0.2, 0.25) is 0 Å². The van der Waals surface area contributed by atoms with Crippen LogP contribution in [0.1, 0.15) is 19.4 Å². The summed E-state index contributed by atoms with van der Waals surface area (Å²) in [6.07, 6.45) is 0. The van der Waals surface area contributed by atoms with Crippen LogP contribution in [0.4, 0.5) is 11.4 Å². The molecule has 1 aromatic carbocycles. The van der Waals surface area contributed by atoms with Gasteiger partial charge >= 0.3 is 0 Å². The number of aryl methyl sites for hydroxylation is 1. The number of halogens is 1. The third-order valence-corrected chi connectivity index (χ3v) is 2.81. The Balaban J connectivity index is 2.55. The Morgan fingerprint density at radius 1 is 1.47 bits per heavy atom. The van der Waals surface area contributed by atoms with Gasteiger partial charge in [-0.2, -0.15) is 0 Å². The largest absolute Gasteiger partial charge is 0.382 e. The molecule has 0 aromatic heterocycles. The standard InChI is InChI=1S/C13H19ClN2O3/c1-9(2)8-19-5-4-15-12-7-11(14)13(16(17)18)6-10(12)3/h6-7,9,15H,4-5,8H2,1-3H3. The molecule has 0 radical (unpaired) electrons. The van der Waals surface area contributed by atoms with Crippen molar-refractivity contribution in [1.29, 1.82) is 0 Å². The van der Waals surface area contributed by atoms with Gasteiger partial charge in [0, 0.05) is 24.9 Å². The van der Waals surface area contributed by atoms with Gasteiger partial charge in [0.15, 0.2) is 0 Å². The molecule has 0 saturated heterocycles. The van der Waals surface area contributed by atoms with Gasteiger partial charge in [0.25, 0.3) is 5.69 Å². The number of nitro benzene ring substituents is 1. The average molecular weight is 287 g/mol. The Bertz CT molecular complexity index is 450. The summed E-state index contributed by atoms with van der Waals surface area (Å²) in [7, 11) is 0. The number of ether oxygens (including phenoxy) is 1. The van der Waals surface area contributed by atoms with Gasteiger partial charge in [-0.3, -0.25) is 10.1 Å². The second-order valence-corrected chi connectivity index (χ2v) is 5.18. The maximum absolute atomic E-state index is 10.7. The van der Waals surface area contributed by atoms with E-state index < -0.39 is 4.92 Å². The molecule has 106 valence electrons. The summed E-state index contributed by atoms with van der Waals surface area (Å²) in [6, 6.07) is 3.05. The fraction of sp³-hybridized carbons (Fsp3) is 0.538. The number of nitro groups is 1. The fourth-order valence-corrected chi connectivity index (χ4v) is 1.81. The first-order valence-electron chi connectivity index (χ1n) is 6.18. The second kappa shape index (κ2) is 7.31. The quantitative estimate of drug-likeness (QED) is 0.472. The lowest BCUT2D eigenvalue weighted by molar-refractivity contribution is -0.384. The molecule has 0 amide bonds. The first kappa shape index (κ1) is 15.7. The predicted octanol–water partition coefficient (Wildman–Crippen LogP) is 3.64. The van der Waals surface area contributed by atoms with E-state index in [1.165, 1.54) is 6.07 Å². The Morgan fingerprint density at radius 2 is 2.16 bits per heavy atom. The van der Waals surface area contributed by atoms with Gasteiger partial charge in [0.1, 0.15) is 5.02 Å². The minimum Gasteiger partial charge on any atom is -0.382 e. The molecule has 5 nitrogen and oxygen atoms in total. The molecule has 0 aliphatic heterocycles. The predicted molar refractivity (Wildman–Crippen MR) is 77.0 cm³/mol. The maximum Gasteiger partial charge on any atom is 0.288 e. The highest BCUT2D eigenvalue weighted by molar-refractivity contribution is 6.33. The Hall–Kier alpha value is -1.33. The monoisotopic (exact) mass is 286 g/mol. The summed E-state index contributed by atoms with van der Waals surface area (Å²) < 4.78 is 5.45. The molecule has 0 bridgehead atoms. The second-order valence-electron chi connectivity index (χ2n) is 4.77. The molecule has 1 rings (SSSR count). The molecule has 1 aromatic rings. The van der Waals surface area contributed by atoms with E-state index in [9.17, 15) is 10.1 Å². The molecule has 6 heteroatoms. The van der Waals surface area contributed by atoms with Gasteiger partial charge in [-0.05, 0) is 24.5 Å². The smallest absolute Gasteiger partial charge is 0.288 e. The molecular formula is C13H19ClN2O3. The van der Waals surface area contributed by atoms with Crippen LogP contribution in [0.15, 0.2) is 12.1 Å². The minimum atomic E-state index is -0.481. The van der Waals surface area contributed by atoms with Crippen LogP contribution < -0.4 is 5.32 Å². The molecule has 0 unspecified atom stereocenters. The number of nitrogens with zero attached hydrogens (tertiary/aromatic N) is 1. The van der Waals surface area contributed by atoms with Crippen LogP contribution >= 0.6 is 11.6 Å². The van der Waals surface area contributed by atoms with Crippen molar-refractivity contribution in [2.24, 2.45) is 5.92 Å². The van der Waals surface area contributed by atoms with Crippen molar-refractivity contribution < 1.29 is 9.66 Å². The zero-order chi connectivity index (χ0) is 14.4. The van der Waals surface area contributed by atoms with Gasteiger partial charge in [0.05, 0.1) is 11.5 Å². The summed E-state index contributed by atoms with van der Waals surface area (Å²) in [5, 5.41) is 14.0. The number of rotatable bonds is 7. The van der Waals surface area contributed by atoms with E-state index >= 15 is 0 Å². The van der Waals surface area contributed by atoms with Crippen molar-refractivity contribution in [3.05, 3.63) is 32.8 Å². The van der Waals surface area contributed by atoms with Crippen molar-refractivity contribution in [2.45, 2.75) is 20.8 Å². The molecular weight excluding hydrogens is 268 g/mol. The maximum atomic E-state index is 10.7. The summed E-state index contributed by atoms with van der Waals surface area (Å²) in [4.78, 5) is 10.2. The summed E-state index contributed by atoms with van der Waals surface area (Å²) in [5.41, 5.74) is 1.52. The van der Waals surface area contributed by atoms with Gasteiger partial charge < -0.3 is 10.1 Å². The van der Waals surface area contributed by atoms with E-state index in [0.29, 0.717) is 19.1 Å². The highest BCUT2D eigenvalue weighted by Crippen LogP contribution is 2.30. The normalized spacial score (nSPS) is 10.8. The fourth-order valence-electron chi connectivity index (χ4n) is 1.57. The van der Waals surface area contributed by atoms with Crippen molar-refractivity contribution in [3.8, 4) is 0 Å². The summed E-state index contributed by atoms with van der Waals surface area (Å²) in [6.45, 7) is 7.94. The van der Waals surface area contributed by atoms with Gasteiger partial charge in [-0.25, -0.2) is 0 Å². The third-order valence-electron chi connectivity index (χ3n) is 2.50. The summed E-state index contributed by atoms with van der Waals surface area (Å²) in [5.74, 6) is 0.510. The Kier molecular flexibility index (Phi) is 6.05. The lowest BCUT2D eigenvalue weighted by Gasteiger charge is -2.11. The van der Waals surface area contributed by atoms with Crippen LogP contribution in [-0.2, 0) is 4.74 Å². The zero-order valence-corrected chi connectivity index (χ0v) is 12.2. The van der Waals surface area contributed by atoms with Gasteiger partial charge in [-0.15, -0.1) is 0 Å². The molecule has 0 spiro atoms. The first-order chi connectivity index (χ1) is 8.91. The SMILES string of the molecule is Cc1cc([N+](=O)[O-])c(Cl)cc1NCCOCC(C)C. The zero-order valence-electron chi connectivity index (χ0n) is 11.4. The number of hydrogen-bond donors (Lipinski definition) is 1. The highest BCUT2D eigenvalue weighted by Gasteiger charge is 2.14. The number of anilines is 1. The van der Waals surface area contributed by atoms with Crippen LogP contribution in [0.2, 0.25) is 5.02 Å². The number of hydrogen-bond acceptors (Lipinski definition) is 4. The minimum absolute atomic E-state index is 0.0687. The lowest BCUT2D eigenvalue weighted by Crippen LogP contribution is -2.12. The average Bonchev–Trinajstić information content (AvgIpc) is 2.31. The first-order valence-corrected chi connectivity index (χ1v) is 6.55. The third kappa shape index (κ3) is 5.04. The molecule has 0 fully saturated rings. The molecule has 1 N–H and O–H groups in total. The van der Waals surface area contributed by atoms with Crippen LogP contribution in [-0.4, -0.2) is 24.7 Å². The molecule has 0 aliphatic carbocycles. The highest BCUT2D eigenvalue weighted by atomic mass is 35.5. The van der Waals surface area contributed by atoms with E-state index in [-0.39, 0.29) is 10.7 Å². The molecule has 0 saturated carbocycles. The van der Waals surface area contributed by atoms with E-state index in [1.54, 1.807) is 13.0 Å². The van der Waals surface area contributed by atoms with Crippen molar-refractivity contribution in [3.63, 3.8) is 0 Å². The van der Waals surface area contributed by atoms with Crippen LogP contribution in [0.3, 0.4) is 0 Å². The van der Waals surface area contributed by atoms with Crippen LogP contribution in [0, 0.1) is 23.0 Å². The molecule has 19 heavy (non-hydrogen) atoms. The molecule has 0 atom stereocenters. The van der Waals surface area contributed by atoms with E-state index in [4.69, 9.17) is 16.3 Å². The van der Waals surface area contributed by atoms with E-state index in [0.717, 1.165) is 17.9 Å². The summed E-state index contributed by atoms with van der Waals surface area (Å²) >= 11 is 5.87. The lowest BCUT2D eigenvalue weighted by atomic mass is 10.2. The number of nitrogens with one attached hydrogen (secondary N) is 1. The van der Waals surface area contributed by atoms with E-state index in [1.807, 2.05) is 0 Å². The van der Waals surface area contributed by atoms with Crippen LogP contribution in [0.5, 0.6) is 0 Å². The van der Waals surface area contributed by atoms with Crippen molar-refractivity contribution in [2.75, 3.05) is 25.1 Å². The van der Waals surface area contributed by atoms with E-state index in [2.05, 4.69) is 19.2 Å². The van der Waals surface area contributed by atoms with Crippen LogP contribution in [0.25, 0.3) is 0 Å².